The van der Waals surface area contributed by atoms with Crippen molar-refractivity contribution in [3.8, 4) is 11.5 Å². The van der Waals surface area contributed by atoms with E-state index in [1.807, 2.05) is 18.2 Å². The third kappa shape index (κ3) is 1.94. The van der Waals surface area contributed by atoms with E-state index in [9.17, 15) is 5.11 Å². The maximum atomic E-state index is 9.32. The van der Waals surface area contributed by atoms with Gasteiger partial charge < -0.3 is 25.1 Å². The van der Waals surface area contributed by atoms with E-state index < -0.39 is 0 Å². The van der Waals surface area contributed by atoms with Gasteiger partial charge in [-0.15, -0.1) is 0 Å². The first-order valence-electron chi connectivity index (χ1n) is 5.84. The van der Waals surface area contributed by atoms with Crippen LogP contribution in [0.15, 0.2) is 18.2 Å². The molecule has 1 fully saturated rings. The van der Waals surface area contributed by atoms with Crippen LogP contribution in [0.25, 0.3) is 0 Å². The molecule has 0 radical (unpaired) electrons. The molecule has 0 aromatic heterocycles. The van der Waals surface area contributed by atoms with Crippen molar-refractivity contribution in [1.29, 1.82) is 0 Å². The minimum atomic E-state index is -0.369. The van der Waals surface area contributed by atoms with Crippen molar-refractivity contribution in [1.82, 2.24) is 0 Å². The number of methoxy groups -OCH3 is 2. The summed E-state index contributed by atoms with van der Waals surface area (Å²) in [6.07, 6.45) is 0. The van der Waals surface area contributed by atoms with Crippen molar-refractivity contribution in [2.45, 2.75) is 11.5 Å². The Morgan fingerprint density at radius 2 is 2.11 bits per heavy atom. The highest BCUT2D eigenvalue weighted by molar-refractivity contribution is 5.47. The average Bonchev–Trinajstić information content (AvgIpc) is 2.37. The van der Waals surface area contributed by atoms with Crippen LogP contribution in [-0.4, -0.2) is 45.2 Å². The first kappa shape index (κ1) is 13.1. The fraction of sp³-hybridized carbons (Fsp3) is 0.538. The smallest absolute Gasteiger partial charge is 0.126 e. The van der Waals surface area contributed by atoms with Gasteiger partial charge in [-0.1, -0.05) is 6.07 Å². The molecule has 1 unspecified atom stereocenters. The standard InChI is InChI=1S/C13H19NO4/c1-16-9-3-4-10(11(5-9)17-2)13(7-18-8-13)12(14)6-15/h3-5,12,15H,6-8,14H2,1-2H3. The lowest BCUT2D eigenvalue weighted by Crippen LogP contribution is -2.60. The van der Waals surface area contributed by atoms with Crippen molar-refractivity contribution in [3.05, 3.63) is 23.8 Å². The van der Waals surface area contributed by atoms with Gasteiger partial charge in [-0.05, 0) is 6.07 Å². The van der Waals surface area contributed by atoms with Crippen molar-refractivity contribution >= 4 is 0 Å². The van der Waals surface area contributed by atoms with Gasteiger partial charge in [0.1, 0.15) is 11.5 Å². The molecule has 1 aromatic rings. The third-order valence-corrected chi connectivity index (χ3v) is 3.57. The molecule has 0 amide bonds. The lowest BCUT2D eigenvalue weighted by Gasteiger charge is -2.46. The van der Waals surface area contributed by atoms with E-state index in [0.29, 0.717) is 19.0 Å². The van der Waals surface area contributed by atoms with Crippen LogP contribution >= 0.6 is 0 Å². The lowest BCUT2D eigenvalue weighted by molar-refractivity contribution is -0.0806. The summed E-state index contributed by atoms with van der Waals surface area (Å²) in [7, 11) is 3.21. The minimum absolute atomic E-state index is 0.0848. The molecular formula is C13H19NO4. The first-order chi connectivity index (χ1) is 8.67. The summed E-state index contributed by atoms with van der Waals surface area (Å²) < 4.78 is 15.9. The first-order valence-corrected chi connectivity index (χ1v) is 5.84. The van der Waals surface area contributed by atoms with Crippen LogP contribution in [0, 0.1) is 0 Å². The van der Waals surface area contributed by atoms with Gasteiger partial charge in [0.15, 0.2) is 0 Å². The Balaban J connectivity index is 2.42. The monoisotopic (exact) mass is 253 g/mol. The predicted octanol–water partition coefficient (Wildman–Crippen LogP) is 0.291. The van der Waals surface area contributed by atoms with E-state index in [1.54, 1.807) is 14.2 Å². The molecule has 0 aliphatic carbocycles. The zero-order chi connectivity index (χ0) is 13.2. The Labute approximate surface area is 106 Å². The summed E-state index contributed by atoms with van der Waals surface area (Å²) in [5, 5.41) is 9.32. The van der Waals surface area contributed by atoms with Crippen LogP contribution in [0.1, 0.15) is 5.56 Å². The molecule has 2 rings (SSSR count). The summed E-state index contributed by atoms with van der Waals surface area (Å²) in [5.41, 5.74) is 6.61. The Kier molecular flexibility index (Phi) is 3.75. The SMILES string of the molecule is COc1ccc(C2(C(N)CO)COC2)c(OC)c1. The van der Waals surface area contributed by atoms with Gasteiger partial charge in [0.05, 0.1) is 39.5 Å². The average molecular weight is 253 g/mol. The van der Waals surface area contributed by atoms with Gasteiger partial charge in [0.2, 0.25) is 0 Å². The van der Waals surface area contributed by atoms with E-state index in [1.165, 1.54) is 0 Å². The molecule has 1 atom stereocenters. The molecule has 1 aliphatic heterocycles. The lowest BCUT2D eigenvalue weighted by atomic mass is 9.72. The highest BCUT2D eigenvalue weighted by Gasteiger charge is 2.47. The fourth-order valence-corrected chi connectivity index (χ4v) is 2.28. The molecule has 1 aliphatic rings. The quantitative estimate of drug-likeness (QED) is 0.789. The summed E-state index contributed by atoms with van der Waals surface area (Å²) in [5.74, 6) is 1.44. The van der Waals surface area contributed by atoms with Gasteiger partial charge >= 0.3 is 0 Å². The number of ether oxygens (including phenoxy) is 3. The summed E-state index contributed by atoms with van der Waals surface area (Å²) in [6.45, 7) is 0.910. The Hall–Kier alpha value is -1.30. The number of hydrogen-bond donors (Lipinski definition) is 2. The molecule has 0 spiro atoms. The van der Waals surface area contributed by atoms with E-state index in [2.05, 4.69) is 0 Å². The van der Waals surface area contributed by atoms with Gasteiger partial charge in [0, 0.05) is 17.7 Å². The second-order valence-corrected chi connectivity index (χ2v) is 4.50. The number of nitrogens with two attached hydrogens (primary N) is 1. The van der Waals surface area contributed by atoms with Gasteiger partial charge in [0.25, 0.3) is 0 Å². The van der Waals surface area contributed by atoms with Crippen molar-refractivity contribution < 1.29 is 19.3 Å². The summed E-state index contributed by atoms with van der Waals surface area (Å²) in [4.78, 5) is 0. The minimum Gasteiger partial charge on any atom is -0.497 e. The fourth-order valence-electron chi connectivity index (χ4n) is 2.28. The largest absolute Gasteiger partial charge is 0.497 e. The van der Waals surface area contributed by atoms with E-state index in [-0.39, 0.29) is 18.1 Å². The maximum Gasteiger partial charge on any atom is 0.126 e. The molecule has 0 saturated carbocycles. The normalized spacial score (nSPS) is 18.9. The van der Waals surface area contributed by atoms with Crippen molar-refractivity contribution in [2.24, 2.45) is 5.73 Å². The molecule has 0 bridgehead atoms. The van der Waals surface area contributed by atoms with Crippen LogP contribution in [0.5, 0.6) is 11.5 Å². The van der Waals surface area contributed by atoms with Gasteiger partial charge in [-0.3, -0.25) is 0 Å². The molecular weight excluding hydrogens is 234 g/mol. The molecule has 3 N–H and O–H groups in total. The van der Waals surface area contributed by atoms with Crippen LogP contribution in [0.4, 0.5) is 0 Å². The van der Waals surface area contributed by atoms with E-state index >= 15 is 0 Å². The molecule has 1 saturated heterocycles. The highest BCUT2D eigenvalue weighted by Crippen LogP contribution is 2.41. The van der Waals surface area contributed by atoms with Crippen molar-refractivity contribution in [2.75, 3.05) is 34.0 Å². The maximum absolute atomic E-state index is 9.32. The Morgan fingerprint density at radius 1 is 1.39 bits per heavy atom. The molecule has 18 heavy (non-hydrogen) atoms. The van der Waals surface area contributed by atoms with Crippen LogP contribution in [-0.2, 0) is 10.2 Å². The molecule has 1 aromatic carbocycles. The van der Waals surface area contributed by atoms with Gasteiger partial charge in [-0.2, -0.15) is 0 Å². The predicted molar refractivity (Wildman–Crippen MR) is 67.1 cm³/mol. The van der Waals surface area contributed by atoms with E-state index in [4.69, 9.17) is 19.9 Å². The molecule has 100 valence electrons. The van der Waals surface area contributed by atoms with Crippen LogP contribution in [0.2, 0.25) is 0 Å². The summed E-state index contributed by atoms with van der Waals surface area (Å²) >= 11 is 0. The molecule has 1 heterocycles. The number of aliphatic hydroxyl groups is 1. The van der Waals surface area contributed by atoms with Crippen LogP contribution < -0.4 is 15.2 Å². The summed E-state index contributed by atoms with van der Waals surface area (Å²) in [6, 6.07) is 5.24. The Morgan fingerprint density at radius 3 is 2.56 bits per heavy atom. The number of aliphatic hydroxyl groups excluding tert-OH is 1. The highest BCUT2D eigenvalue weighted by atomic mass is 16.5. The van der Waals surface area contributed by atoms with Crippen molar-refractivity contribution in [3.63, 3.8) is 0 Å². The second kappa shape index (κ2) is 5.14. The molecule has 5 heteroatoms. The number of benzene rings is 1. The topological polar surface area (TPSA) is 73.9 Å². The second-order valence-electron chi connectivity index (χ2n) is 4.50. The Bertz CT molecular complexity index is 417. The van der Waals surface area contributed by atoms with Gasteiger partial charge in [-0.25, -0.2) is 0 Å². The number of hydrogen-bond acceptors (Lipinski definition) is 5. The third-order valence-electron chi connectivity index (χ3n) is 3.57. The molecule has 5 nitrogen and oxygen atoms in total. The zero-order valence-corrected chi connectivity index (χ0v) is 10.7. The number of rotatable bonds is 5. The zero-order valence-electron chi connectivity index (χ0n) is 10.7. The van der Waals surface area contributed by atoms with E-state index in [0.717, 1.165) is 11.3 Å². The van der Waals surface area contributed by atoms with Crippen LogP contribution in [0.3, 0.4) is 0 Å².